The number of benzene rings is 1. The average molecular weight is 360 g/mol. The minimum absolute atomic E-state index is 0.0754. The van der Waals surface area contributed by atoms with E-state index in [9.17, 15) is 4.79 Å². The van der Waals surface area contributed by atoms with Crippen LogP contribution in [0.25, 0.3) is 28.2 Å². The second-order valence-electron chi connectivity index (χ2n) is 5.43. The zero-order valence-corrected chi connectivity index (χ0v) is 13.8. The highest BCUT2D eigenvalue weighted by molar-refractivity contribution is 6.30. The molecule has 0 spiro atoms. The van der Waals surface area contributed by atoms with Crippen LogP contribution in [0.1, 0.15) is 0 Å². The standard InChI is InChI=1S/C16H14ClN5O3/c17-11-3-1-10(2-4-11)12-7-22-15(24)13-14(20-16(22)19-12)21(8-18-13)9-25-6-5-23/h1-4,7-8,23H,5-6,9H2,(H,19,20). The van der Waals surface area contributed by atoms with Crippen LogP contribution in [0, 0.1) is 0 Å². The summed E-state index contributed by atoms with van der Waals surface area (Å²) in [6, 6.07) is 7.28. The Morgan fingerprint density at radius 1 is 1.28 bits per heavy atom. The lowest BCUT2D eigenvalue weighted by Gasteiger charge is -2.03. The molecule has 3 heterocycles. The number of aliphatic hydroxyl groups excluding tert-OH is 1. The summed E-state index contributed by atoms with van der Waals surface area (Å²) in [6.45, 7) is 0.280. The Labute approximate surface area is 146 Å². The van der Waals surface area contributed by atoms with Crippen molar-refractivity contribution >= 4 is 28.5 Å². The van der Waals surface area contributed by atoms with Crippen molar-refractivity contribution in [1.82, 2.24) is 23.9 Å². The fraction of sp³-hybridized carbons (Fsp3) is 0.188. The summed E-state index contributed by atoms with van der Waals surface area (Å²) in [5.41, 5.74) is 2.05. The van der Waals surface area contributed by atoms with Crippen molar-refractivity contribution in [2.24, 2.45) is 0 Å². The monoisotopic (exact) mass is 359 g/mol. The van der Waals surface area contributed by atoms with Crippen LogP contribution in [0.2, 0.25) is 5.02 Å². The molecule has 0 bridgehead atoms. The summed E-state index contributed by atoms with van der Waals surface area (Å²) >= 11 is 5.91. The number of hydrogen-bond acceptors (Lipinski definition) is 5. The maximum absolute atomic E-state index is 12.7. The van der Waals surface area contributed by atoms with Crippen molar-refractivity contribution in [3.8, 4) is 11.3 Å². The molecular weight excluding hydrogens is 346 g/mol. The summed E-state index contributed by atoms with van der Waals surface area (Å²) in [7, 11) is 0. The number of nitrogens with one attached hydrogen (secondary N) is 1. The lowest BCUT2D eigenvalue weighted by atomic mass is 10.2. The molecule has 0 radical (unpaired) electrons. The van der Waals surface area contributed by atoms with Crippen LogP contribution in [0.15, 0.2) is 41.6 Å². The van der Waals surface area contributed by atoms with Gasteiger partial charge in [-0.3, -0.25) is 9.36 Å². The molecule has 0 aliphatic rings. The highest BCUT2D eigenvalue weighted by Crippen LogP contribution is 2.21. The van der Waals surface area contributed by atoms with Gasteiger partial charge in [0.1, 0.15) is 6.73 Å². The van der Waals surface area contributed by atoms with Gasteiger partial charge in [0.2, 0.25) is 5.78 Å². The SMILES string of the molecule is O=c1c2ncn(COCCO)c2nc2[nH]c(-c3ccc(Cl)cc3)cn12. The van der Waals surface area contributed by atoms with Crippen LogP contribution >= 0.6 is 11.6 Å². The Hall–Kier alpha value is -2.68. The highest BCUT2D eigenvalue weighted by Gasteiger charge is 2.14. The maximum atomic E-state index is 12.7. The zero-order valence-electron chi connectivity index (χ0n) is 13.0. The zero-order chi connectivity index (χ0) is 17.4. The molecule has 0 aliphatic heterocycles. The summed E-state index contributed by atoms with van der Waals surface area (Å²) < 4.78 is 8.32. The number of aromatic amines is 1. The van der Waals surface area contributed by atoms with Gasteiger partial charge in [-0.1, -0.05) is 23.7 Å². The van der Waals surface area contributed by atoms with Gasteiger partial charge in [0.15, 0.2) is 11.2 Å². The molecule has 0 fully saturated rings. The van der Waals surface area contributed by atoms with Crippen molar-refractivity contribution in [3.63, 3.8) is 0 Å². The predicted molar refractivity (Wildman–Crippen MR) is 92.6 cm³/mol. The van der Waals surface area contributed by atoms with Crippen molar-refractivity contribution in [2.45, 2.75) is 6.73 Å². The molecule has 4 rings (SSSR count). The molecule has 0 saturated carbocycles. The first-order valence-electron chi connectivity index (χ1n) is 7.58. The number of fused-ring (bicyclic) bond motifs is 2. The van der Waals surface area contributed by atoms with Gasteiger partial charge in [-0.15, -0.1) is 0 Å². The Morgan fingerprint density at radius 3 is 2.84 bits per heavy atom. The molecule has 0 saturated heterocycles. The molecule has 128 valence electrons. The fourth-order valence-electron chi connectivity index (χ4n) is 2.60. The second-order valence-corrected chi connectivity index (χ2v) is 5.87. The maximum Gasteiger partial charge on any atom is 0.287 e. The Bertz CT molecular complexity index is 1100. The molecular formula is C16H14ClN5O3. The van der Waals surface area contributed by atoms with E-state index in [1.807, 2.05) is 12.1 Å². The highest BCUT2D eigenvalue weighted by atomic mass is 35.5. The van der Waals surface area contributed by atoms with Crippen molar-refractivity contribution in [1.29, 1.82) is 0 Å². The third kappa shape index (κ3) is 2.80. The van der Waals surface area contributed by atoms with E-state index in [1.54, 1.807) is 22.9 Å². The first-order valence-corrected chi connectivity index (χ1v) is 7.96. The molecule has 0 amide bonds. The Kier molecular flexibility index (Phi) is 4.00. The van der Waals surface area contributed by atoms with E-state index in [4.69, 9.17) is 21.4 Å². The third-order valence-corrected chi connectivity index (χ3v) is 4.05. The molecule has 0 aliphatic carbocycles. The van der Waals surface area contributed by atoms with Gasteiger partial charge < -0.3 is 14.8 Å². The van der Waals surface area contributed by atoms with E-state index in [0.717, 1.165) is 11.3 Å². The van der Waals surface area contributed by atoms with Gasteiger partial charge in [-0.2, -0.15) is 4.98 Å². The van der Waals surface area contributed by atoms with Crippen LogP contribution in [-0.4, -0.2) is 42.2 Å². The van der Waals surface area contributed by atoms with Gasteiger partial charge in [-0.25, -0.2) is 9.38 Å². The van der Waals surface area contributed by atoms with E-state index >= 15 is 0 Å². The number of halogens is 1. The number of ether oxygens (including phenoxy) is 1. The molecule has 0 unspecified atom stereocenters. The van der Waals surface area contributed by atoms with E-state index in [-0.39, 0.29) is 31.0 Å². The predicted octanol–water partition coefficient (Wildman–Crippen LogP) is 1.66. The lowest BCUT2D eigenvalue weighted by Crippen LogP contribution is -2.14. The lowest BCUT2D eigenvalue weighted by molar-refractivity contribution is 0.0499. The van der Waals surface area contributed by atoms with Crippen LogP contribution in [0.3, 0.4) is 0 Å². The summed E-state index contributed by atoms with van der Waals surface area (Å²) in [6.07, 6.45) is 3.19. The quantitative estimate of drug-likeness (QED) is 0.528. The molecule has 25 heavy (non-hydrogen) atoms. The van der Waals surface area contributed by atoms with E-state index in [2.05, 4.69) is 15.0 Å². The van der Waals surface area contributed by atoms with Crippen molar-refractivity contribution in [3.05, 3.63) is 52.2 Å². The average Bonchev–Trinajstić information content (AvgIpc) is 3.21. The van der Waals surface area contributed by atoms with Crippen LogP contribution in [0.5, 0.6) is 0 Å². The first-order chi connectivity index (χ1) is 12.2. The van der Waals surface area contributed by atoms with E-state index < -0.39 is 0 Å². The van der Waals surface area contributed by atoms with Crippen molar-refractivity contribution < 1.29 is 9.84 Å². The molecule has 4 aromatic rings. The van der Waals surface area contributed by atoms with Gasteiger partial charge in [0.25, 0.3) is 5.56 Å². The van der Waals surface area contributed by atoms with E-state index in [0.29, 0.717) is 16.4 Å². The number of H-pyrrole nitrogens is 1. The van der Waals surface area contributed by atoms with Crippen LogP contribution in [0.4, 0.5) is 0 Å². The molecule has 3 aromatic heterocycles. The number of aliphatic hydroxyl groups is 1. The van der Waals surface area contributed by atoms with Gasteiger partial charge >= 0.3 is 0 Å². The fourth-order valence-corrected chi connectivity index (χ4v) is 2.72. The van der Waals surface area contributed by atoms with Crippen LogP contribution < -0.4 is 5.56 Å². The molecule has 1 aromatic carbocycles. The first kappa shape index (κ1) is 15.8. The van der Waals surface area contributed by atoms with E-state index in [1.165, 1.54) is 10.7 Å². The van der Waals surface area contributed by atoms with Crippen LogP contribution in [-0.2, 0) is 11.5 Å². The van der Waals surface area contributed by atoms with Gasteiger partial charge in [0, 0.05) is 11.2 Å². The number of nitrogens with zero attached hydrogens (tertiary/aromatic N) is 4. The summed E-state index contributed by atoms with van der Waals surface area (Å²) in [4.78, 5) is 24.4. The normalized spacial score (nSPS) is 11.6. The largest absolute Gasteiger partial charge is 0.394 e. The molecule has 0 atom stereocenters. The number of rotatable bonds is 5. The summed E-state index contributed by atoms with van der Waals surface area (Å²) in [5, 5.41) is 9.43. The Morgan fingerprint density at radius 2 is 2.08 bits per heavy atom. The number of hydrogen-bond donors (Lipinski definition) is 2. The second kappa shape index (κ2) is 6.32. The topological polar surface area (TPSA) is 97.4 Å². The number of aromatic nitrogens is 5. The van der Waals surface area contributed by atoms with Crippen molar-refractivity contribution in [2.75, 3.05) is 13.2 Å². The smallest absolute Gasteiger partial charge is 0.287 e. The van der Waals surface area contributed by atoms with Gasteiger partial charge in [-0.05, 0) is 17.7 Å². The minimum atomic E-state index is -0.266. The van der Waals surface area contributed by atoms with Gasteiger partial charge in [0.05, 0.1) is 25.2 Å². The summed E-state index contributed by atoms with van der Waals surface area (Å²) in [5.74, 6) is 0.409. The minimum Gasteiger partial charge on any atom is -0.394 e. The molecule has 9 heteroatoms. The molecule has 2 N–H and O–H groups in total. The third-order valence-electron chi connectivity index (χ3n) is 3.80. The Balaban J connectivity index is 1.81. The molecule has 8 nitrogen and oxygen atoms in total. The number of imidazole rings is 2.